The van der Waals surface area contributed by atoms with Gasteiger partial charge in [-0.3, -0.25) is 14.7 Å². The second-order valence-corrected chi connectivity index (χ2v) is 8.46. The summed E-state index contributed by atoms with van der Waals surface area (Å²) >= 11 is 0. The van der Waals surface area contributed by atoms with Gasteiger partial charge in [-0.05, 0) is 82.8 Å². The van der Waals surface area contributed by atoms with Crippen LogP contribution in [0.1, 0.15) is 49.4 Å². The highest BCUT2D eigenvalue weighted by Crippen LogP contribution is 2.43. The van der Waals surface area contributed by atoms with Gasteiger partial charge in [0.05, 0.1) is 6.04 Å². The Balaban J connectivity index is 1.63. The van der Waals surface area contributed by atoms with Crippen molar-refractivity contribution in [3.8, 4) is 0 Å². The average Bonchev–Trinajstić information content (AvgIpc) is 2.97. The first-order valence-corrected chi connectivity index (χ1v) is 10.0. The van der Waals surface area contributed by atoms with Crippen molar-refractivity contribution < 1.29 is 4.79 Å². The molecule has 2 fully saturated rings. The molecule has 26 heavy (non-hydrogen) atoms. The van der Waals surface area contributed by atoms with E-state index in [2.05, 4.69) is 47.1 Å². The normalized spacial score (nSPS) is 23.5. The molecule has 2 saturated heterocycles. The SMILES string of the molecule is CCCN1CC2(CCN(C)CC2)CC1C(=O)NCc1cnc(C)c(C)c1. The molecule has 0 aromatic carbocycles. The predicted molar refractivity (Wildman–Crippen MR) is 105 cm³/mol. The number of aromatic nitrogens is 1. The van der Waals surface area contributed by atoms with Gasteiger partial charge >= 0.3 is 0 Å². The van der Waals surface area contributed by atoms with Gasteiger partial charge in [0.2, 0.25) is 5.91 Å². The molecule has 1 spiro atoms. The van der Waals surface area contributed by atoms with Gasteiger partial charge in [0, 0.05) is 25.0 Å². The Kier molecular flexibility index (Phi) is 5.98. The zero-order chi connectivity index (χ0) is 18.7. The van der Waals surface area contributed by atoms with Crippen molar-refractivity contribution in [1.29, 1.82) is 0 Å². The second kappa shape index (κ2) is 8.05. The Labute approximate surface area is 158 Å². The van der Waals surface area contributed by atoms with Crippen molar-refractivity contribution >= 4 is 5.91 Å². The van der Waals surface area contributed by atoms with Crippen molar-refractivity contribution in [2.75, 3.05) is 33.2 Å². The molecule has 5 heteroatoms. The summed E-state index contributed by atoms with van der Waals surface area (Å²) in [5.74, 6) is 0.187. The number of aryl methyl sites for hydroxylation is 2. The first-order valence-electron chi connectivity index (χ1n) is 10.0. The Hall–Kier alpha value is -1.46. The lowest BCUT2D eigenvalue weighted by molar-refractivity contribution is -0.125. The van der Waals surface area contributed by atoms with Crippen LogP contribution < -0.4 is 5.32 Å². The van der Waals surface area contributed by atoms with Crippen LogP contribution in [0.15, 0.2) is 12.3 Å². The summed E-state index contributed by atoms with van der Waals surface area (Å²) in [6, 6.07) is 2.15. The van der Waals surface area contributed by atoms with Gasteiger partial charge in [-0.25, -0.2) is 0 Å². The molecule has 2 aliphatic rings. The monoisotopic (exact) mass is 358 g/mol. The number of amides is 1. The van der Waals surface area contributed by atoms with Crippen LogP contribution >= 0.6 is 0 Å². The molecular weight excluding hydrogens is 324 g/mol. The Morgan fingerprint density at radius 1 is 1.35 bits per heavy atom. The van der Waals surface area contributed by atoms with Gasteiger partial charge in [0.25, 0.3) is 0 Å². The van der Waals surface area contributed by atoms with E-state index in [-0.39, 0.29) is 11.9 Å². The van der Waals surface area contributed by atoms with Crippen molar-refractivity contribution in [3.05, 3.63) is 29.1 Å². The van der Waals surface area contributed by atoms with E-state index in [1.807, 2.05) is 13.1 Å². The standard InChI is InChI=1S/C21H34N4O/c1-5-8-25-15-21(6-9-24(4)10-7-21)12-19(25)20(26)23-14-18-11-16(2)17(3)22-13-18/h11,13,19H,5-10,12,14-15H2,1-4H3,(H,23,26). The molecule has 1 aromatic heterocycles. The first kappa shape index (κ1) is 19.3. The maximum atomic E-state index is 13.0. The second-order valence-electron chi connectivity index (χ2n) is 8.46. The van der Waals surface area contributed by atoms with E-state index in [1.165, 1.54) is 18.4 Å². The van der Waals surface area contributed by atoms with E-state index in [4.69, 9.17) is 0 Å². The summed E-state index contributed by atoms with van der Waals surface area (Å²) in [4.78, 5) is 22.2. The van der Waals surface area contributed by atoms with Gasteiger partial charge in [0.1, 0.15) is 0 Å². The molecule has 1 aromatic rings. The van der Waals surface area contributed by atoms with E-state index in [0.717, 1.165) is 50.3 Å². The predicted octanol–water partition coefficient (Wildman–Crippen LogP) is 2.51. The quantitative estimate of drug-likeness (QED) is 0.879. The fraction of sp³-hybridized carbons (Fsp3) is 0.714. The average molecular weight is 359 g/mol. The molecule has 0 radical (unpaired) electrons. The third-order valence-electron chi connectivity index (χ3n) is 6.33. The molecule has 3 heterocycles. The fourth-order valence-corrected chi connectivity index (χ4v) is 4.49. The number of likely N-dealkylation sites (tertiary alicyclic amines) is 2. The molecule has 5 nitrogen and oxygen atoms in total. The van der Waals surface area contributed by atoms with Crippen molar-refractivity contribution in [2.24, 2.45) is 5.41 Å². The molecule has 3 rings (SSSR count). The smallest absolute Gasteiger partial charge is 0.237 e. The highest BCUT2D eigenvalue weighted by molar-refractivity contribution is 5.82. The molecule has 1 amide bonds. The van der Waals surface area contributed by atoms with Crippen LogP contribution in [0.4, 0.5) is 0 Å². The summed E-state index contributed by atoms with van der Waals surface area (Å²) in [6.07, 6.45) is 6.42. The van der Waals surface area contributed by atoms with Crippen LogP contribution in [0.2, 0.25) is 0 Å². The largest absolute Gasteiger partial charge is 0.351 e. The molecule has 0 saturated carbocycles. The van der Waals surface area contributed by atoms with Crippen LogP contribution in [0, 0.1) is 19.3 Å². The van der Waals surface area contributed by atoms with Gasteiger partial charge in [-0.2, -0.15) is 0 Å². The minimum atomic E-state index is 0.0258. The molecule has 1 N–H and O–H groups in total. The third-order valence-corrected chi connectivity index (χ3v) is 6.33. The molecule has 1 atom stereocenters. The number of nitrogens with one attached hydrogen (secondary N) is 1. The molecule has 0 bridgehead atoms. The van der Waals surface area contributed by atoms with Gasteiger partial charge in [0.15, 0.2) is 0 Å². The highest BCUT2D eigenvalue weighted by atomic mass is 16.2. The maximum absolute atomic E-state index is 13.0. The fourth-order valence-electron chi connectivity index (χ4n) is 4.49. The van der Waals surface area contributed by atoms with E-state index >= 15 is 0 Å². The molecular formula is C21H34N4O. The molecule has 1 unspecified atom stereocenters. The first-order chi connectivity index (χ1) is 12.4. The molecule has 144 valence electrons. The number of pyridine rings is 1. The summed E-state index contributed by atoms with van der Waals surface area (Å²) < 4.78 is 0. The zero-order valence-electron chi connectivity index (χ0n) is 16.8. The summed E-state index contributed by atoms with van der Waals surface area (Å²) in [7, 11) is 2.20. The minimum Gasteiger partial charge on any atom is -0.351 e. The number of rotatable bonds is 5. The molecule has 0 aliphatic carbocycles. The van der Waals surface area contributed by atoms with Crippen LogP contribution in [0.3, 0.4) is 0 Å². The number of hydrogen-bond donors (Lipinski definition) is 1. The zero-order valence-corrected chi connectivity index (χ0v) is 16.8. The Bertz CT molecular complexity index is 637. The van der Waals surface area contributed by atoms with Crippen molar-refractivity contribution in [2.45, 2.75) is 59.0 Å². The third kappa shape index (κ3) is 4.26. The lowest BCUT2D eigenvalue weighted by Crippen LogP contribution is -2.43. The van der Waals surface area contributed by atoms with E-state index < -0.39 is 0 Å². The number of carbonyl (C=O) groups is 1. The number of nitrogens with zero attached hydrogens (tertiary/aromatic N) is 3. The van der Waals surface area contributed by atoms with E-state index in [1.54, 1.807) is 0 Å². The highest BCUT2D eigenvalue weighted by Gasteiger charge is 2.47. The molecule has 2 aliphatic heterocycles. The summed E-state index contributed by atoms with van der Waals surface area (Å²) in [5, 5.41) is 3.18. The summed E-state index contributed by atoms with van der Waals surface area (Å²) in [6.45, 7) is 11.3. The lowest BCUT2D eigenvalue weighted by Gasteiger charge is -2.37. The Morgan fingerprint density at radius 2 is 2.08 bits per heavy atom. The van der Waals surface area contributed by atoms with Crippen molar-refractivity contribution in [1.82, 2.24) is 20.1 Å². The van der Waals surface area contributed by atoms with Crippen molar-refractivity contribution in [3.63, 3.8) is 0 Å². The van der Waals surface area contributed by atoms with Crippen LogP contribution in [0.25, 0.3) is 0 Å². The van der Waals surface area contributed by atoms with Crippen LogP contribution in [0.5, 0.6) is 0 Å². The number of hydrogen-bond acceptors (Lipinski definition) is 4. The van der Waals surface area contributed by atoms with Crippen LogP contribution in [-0.4, -0.2) is 60.0 Å². The van der Waals surface area contributed by atoms with E-state index in [0.29, 0.717) is 12.0 Å². The Morgan fingerprint density at radius 3 is 2.73 bits per heavy atom. The van der Waals surface area contributed by atoms with Crippen LogP contribution in [-0.2, 0) is 11.3 Å². The maximum Gasteiger partial charge on any atom is 0.237 e. The summed E-state index contributed by atoms with van der Waals surface area (Å²) in [5.41, 5.74) is 3.64. The number of carbonyl (C=O) groups excluding carboxylic acids is 1. The lowest BCUT2D eigenvalue weighted by atomic mass is 9.76. The number of piperidine rings is 1. The van der Waals surface area contributed by atoms with E-state index in [9.17, 15) is 4.79 Å². The topological polar surface area (TPSA) is 48.5 Å². The minimum absolute atomic E-state index is 0.0258. The van der Waals surface area contributed by atoms with Gasteiger partial charge in [-0.1, -0.05) is 13.0 Å². The van der Waals surface area contributed by atoms with Gasteiger partial charge in [-0.15, -0.1) is 0 Å². The van der Waals surface area contributed by atoms with Gasteiger partial charge < -0.3 is 10.2 Å².